The molecule has 27 heavy (non-hydrogen) atoms. The lowest BCUT2D eigenvalue weighted by molar-refractivity contribution is 0.103. The third-order valence-corrected chi connectivity index (χ3v) is 5.54. The molecule has 2 heterocycles. The predicted molar refractivity (Wildman–Crippen MR) is 97.2 cm³/mol. The molecule has 2 aromatic rings. The molecule has 2 aliphatic heterocycles. The topological polar surface area (TPSA) is 56.8 Å². The molecule has 5 rings (SSSR count). The van der Waals surface area contributed by atoms with Gasteiger partial charge < -0.3 is 19.5 Å². The average molecular weight is 369 g/mol. The van der Waals surface area contributed by atoms with Crippen molar-refractivity contribution in [2.45, 2.75) is 44.8 Å². The van der Waals surface area contributed by atoms with Gasteiger partial charge in [0, 0.05) is 23.2 Å². The molecule has 1 saturated carbocycles. The zero-order valence-electron chi connectivity index (χ0n) is 14.8. The molecule has 0 atom stereocenters. The van der Waals surface area contributed by atoms with Crippen LogP contribution in [0.15, 0.2) is 24.3 Å². The zero-order chi connectivity index (χ0) is 18.4. The minimum absolute atomic E-state index is 0.000261. The largest absolute Gasteiger partial charge is 0.488 e. The number of benzene rings is 2. The van der Waals surface area contributed by atoms with Crippen LogP contribution >= 0.6 is 0 Å². The number of hydrogen-bond donors (Lipinski definition) is 1. The van der Waals surface area contributed by atoms with Gasteiger partial charge in [-0.2, -0.15) is 0 Å². The van der Waals surface area contributed by atoms with E-state index in [4.69, 9.17) is 14.2 Å². The molecule has 1 fully saturated rings. The van der Waals surface area contributed by atoms with E-state index in [1.807, 2.05) is 0 Å². The van der Waals surface area contributed by atoms with Crippen molar-refractivity contribution in [2.24, 2.45) is 0 Å². The molecule has 140 valence electrons. The minimum atomic E-state index is -0.403. The Morgan fingerprint density at radius 2 is 1.70 bits per heavy atom. The number of anilines is 1. The Balaban J connectivity index is 1.50. The second-order valence-corrected chi connectivity index (χ2v) is 7.25. The van der Waals surface area contributed by atoms with Crippen LogP contribution in [-0.2, 0) is 6.61 Å². The van der Waals surface area contributed by atoms with Gasteiger partial charge in [0.1, 0.15) is 12.4 Å². The minimum Gasteiger partial charge on any atom is -0.488 e. The number of ether oxygens (including phenoxy) is 3. The van der Waals surface area contributed by atoms with E-state index in [-0.39, 0.29) is 25.2 Å². The lowest BCUT2D eigenvalue weighted by atomic mass is 9.94. The van der Waals surface area contributed by atoms with Crippen molar-refractivity contribution < 1.29 is 23.4 Å². The molecule has 0 bridgehead atoms. The second-order valence-electron chi connectivity index (χ2n) is 7.25. The first-order valence-corrected chi connectivity index (χ1v) is 9.40. The number of fused-ring (bicyclic) bond motifs is 3. The standard InChI is InChI=1S/C21H20FNO4/c22-20-15-10-25-17-9-19-18(26-11-27-19)8-14(17)21(24)13(15)6-7-16(20)23-12-4-2-1-3-5-12/h6-9,12,23H,1-5,10-11H2. The fraction of sp³-hybridized carbons (Fsp3) is 0.381. The first-order valence-electron chi connectivity index (χ1n) is 9.40. The average Bonchev–Trinajstić information content (AvgIpc) is 3.10. The summed E-state index contributed by atoms with van der Waals surface area (Å²) in [5.74, 6) is 0.762. The summed E-state index contributed by atoms with van der Waals surface area (Å²) in [5.41, 5.74) is 1.43. The summed E-state index contributed by atoms with van der Waals surface area (Å²) in [6.45, 7) is 0.119. The first-order chi connectivity index (χ1) is 13.2. The van der Waals surface area contributed by atoms with E-state index < -0.39 is 5.82 Å². The van der Waals surface area contributed by atoms with E-state index in [0.29, 0.717) is 39.6 Å². The molecule has 2 aromatic carbocycles. The Kier molecular flexibility index (Phi) is 3.92. The molecule has 0 unspecified atom stereocenters. The highest BCUT2D eigenvalue weighted by molar-refractivity contribution is 6.12. The SMILES string of the molecule is O=C1c2cc3c(cc2OCc2c1ccc(NC1CCCCC1)c2F)OCO3. The third kappa shape index (κ3) is 2.80. The van der Waals surface area contributed by atoms with Crippen LogP contribution in [0, 0.1) is 5.82 Å². The maximum atomic E-state index is 15.2. The van der Waals surface area contributed by atoms with E-state index in [0.717, 1.165) is 25.7 Å². The summed E-state index contributed by atoms with van der Waals surface area (Å²) in [6.07, 6.45) is 5.65. The molecular formula is C21H20FNO4. The Morgan fingerprint density at radius 1 is 0.926 bits per heavy atom. The monoisotopic (exact) mass is 369 g/mol. The number of rotatable bonds is 2. The van der Waals surface area contributed by atoms with Crippen LogP contribution in [0.1, 0.15) is 53.6 Å². The van der Waals surface area contributed by atoms with Crippen molar-refractivity contribution in [3.63, 3.8) is 0 Å². The number of ketones is 1. The number of carbonyl (C=O) groups excluding carboxylic acids is 1. The second kappa shape index (κ2) is 6.44. The molecule has 1 N–H and O–H groups in total. The number of hydrogen-bond acceptors (Lipinski definition) is 5. The smallest absolute Gasteiger partial charge is 0.231 e. The lowest BCUT2D eigenvalue weighted by Crippen LogP contribution is -2.23. The van der Waals surface area contributed by atoms with Crippen molar-refractivity contribution in [3.8, 4) is 17.2 Å². The highest BCUT2D eigenvalue weighted by Gasteiger charge is 2.29. The van der Waals surface area contributed by atoms with Crippen LogP contribution in [0.5, 0.6) is 17.2 Å². The maximum Gasteiger partial charge on any atom is 0.231 e. The summed E-state index contributed by atoms with van der Waals surface area (Å²) in [7, 11) is 0. The summed E-state index contributed by atoms with van der Waals surface area (Å²) < 4.78 is 31.7. The first kappa shape index (κ1) is 16.4. The molecule has 6 heteroatoms. The van der Waals surface area contributed by atoms with Crippen LogP contribution < -0.4 is 19.5 Å². The molecule has 0 saturated heterocycles. The van der Waals surface area contributed by atoms with Crippen LogP contribution in [0.4, 0.5) is 10.1 Å². The van der Waals surface area contributed by atoms with Gasteiger partial charge in [0.25, 0.3) is 0 Å². The van der Waals surface area contributed by atoms with E-state index in [1.54, 1.807) is 24.3 Å². The van der Waals surface area contributed by atoms with Gasteiger partial charge in [-0.25, -0.2) is 4.39 Å². The van der Waals surface area contributed by atoms with E-state index in [1.165, 1.54) is 6.42 Å². The highest BCUT2D eigenvalue weighted by Crippen LogP contribution is 2.41. The van der Waals surface area contributed by atoms with Gasteiger partial charge >= 0.3 is 0 Å². The predicted octanol–water partition coefficient (Wildman–Crippen LogP) is 4.42. The van der Waals surface area contributed by atoms with Gasteiger partial charge in [0.2, 0.25) is 6.79 Å². The zero-order valence-corrected chi connectivity index (χ0v) is 14.8. The molecule has 0 radical (unpaired) electrons. The van der Waals surface area contributed by atoms with Crippen LogP contribution in [0.3, 0.4) is 0 Å². The van der Waals surface area contributed by atoms with Crippen molar-refractivity contribution >= 4 is 11.5 Å². The van der Waals surface area contributed by atoms with Gasteiger partial charge in [-0.3, -0.25) is 4.79 Å². The van der Waals surface area contributed by atoms with Crippen LogP contribution in [-0.4, -0.2) is 18.6 Å². The number of nitrogens with one attached hydrogen (secondary N) is 1. The van der Waals surface area contributed by atoms with E-state index in [9.17, 15) is 4.79 Å². The quantitative estimate of drug-likeness (QED) is 0.849. The maximum absolute atomic E-state index is 15.2. The van der Waals surface area contributed by atoms with E-state index in [2.05, 4.69) is 5.32 Å². The highest BCUT2D eigenvalue weighted by atomic mass is 19.1. The van der Waals surface area contributed by atoms with Crippen molar-refractivity contribution in [1.82, 2.24) is 0 Å². The van der Waals surface area contributed by atoms with Crippen LogP contribution in [0.25, 0.3) is 0 Å². The van der Waals surface area contributed by atoms with Gasteiger partial charge in [-0.05, 0) is 31.0 Å². The molecule has 5 nitrogen and oxygen atoms in total. The van der Waals surface area contributed by atoms with Gasteiger partial charge in [-0.15, -0.1) is 0 Å². The Labute approximate surface area is 156 Å². The van der Waals surface area contributed by atoms with E-state index >= 15 is 4.39 Å². The van der Waals surface area contributed by atoms with Gasteiger partial charge in [0.05, 0.1) is 11.3 Å². The molecule has 0 spiro atoms. The van der Waals surface area contributed by atoms with Crippen molar-refractivity contribution in [2.75, 3.05) is 12.1 Å². The summed E-state index contributed by atoms with van der Waals surface area (Å²) in [5, 5.41) is 3.31. The fourth-order valence-corrected chi connectivity index (χ4v) is 4.07. The number of halogens is 1. The summed E-state index contributed by atoms with van der Waals surface area (Å²) in [4.78, 5) is 13.0. The third-order valence-electron chi connectivity index (χ3n) is 5.54. The van der Waals surface area contributed by atoms with Crippen LogP contribution in [0.2, 0.25) is 0 Å². The van der Waals surface area contributed by atoms with Gasteiger partial charge in [0.15, 0.2) is 23.1 Å². The normalized spacial score (nSPS) is 18.3. The molecule has 0 amide bonds. The summed E-state index contributed by atoms with van der Waals surface area (Å²) >= 11 is 0. The Bertz CT molecular complexity index is 921. The van der Waals surface area contributed by atoms with Gasteiger partial charge in [-0.1, -0.05) is 19.3 Å². The molecule has 3 aliphatic rings. The number of carbonyl (C=O) groups is 1. The Morgan fingerprint density at radius 3 is 2.52 bits per heavy atom. The Hall–Kier alpha value is -2.76. The molecular weight excluding hydrogens is 349 g/mol. The molecule has 0 aromatic heterocycles. The van der Waals surface area contributed by atoms with Crippen molar-refractivity contribution in [3.05, 3.63) is 46.8 Å². The fourth-order valence-electron chi connectivity index (χ4n) is 4.07. The van der Waals surface area contributed by atoms with Crippen molar-refractivity contribution in [1.29, 1.82) is 0 Å². The lowest BCUT2D eigenvalue weighted by Gasteiger charge is -2.24. The molecule has 1 aliphatic carbocycles. The summed E-state index contributed by atoms with van der Waals surface area (Å²) in [6, 6.07) is 6.89.